The number of carboxylic acid groups (broad SMARTS) is 1. The number of carbonyl (C=O) groups excluding carboxylic acids is 1. The molecule has 4 saturated carbocycles. The average Bonchev–Trinajstić information content (AvgIpc) is 3.41. The predicted molar refractivity (Wildman–Crippen MR) is 101 cm³/mol. The van der Waals surface area contributed by atoms with E-state index in [9.17, 15) is 14.7 Å². The summed E-state index contributed by atoms with van der Waals surface area (Å²) in [6, 6.07) is 0. The van der Waals surface area contributed by atoms with E-state index >= 15 is 0 Å². The van der Waals surface area contributed by atoms with Gasteiger partial charge < -0.3 is 10.2 Å². The summed E-state index contributed by atoms with van der Waals surface area (Å²) in [6.07, 6.45) is 12.7. The molecule has 0 aromatic carbocycles. The minimum absolute atomic E-state index is 0.167. The highest BCUT2D eigenvalue weighted by molar-refractivity contribution is 5.91. The molecule has 4 fully saturated rings. The molecule has 8 atom stereocenters. The number of aliphatic hydroxyl groups is 1. The van der Waals surface area contributed by atoms with Crippen molar-refractivity contribution >= 4 is 11.8 Å². The largest absolute Gasteiger partial charge is 0.478 e. The van der Waals surface area contributed by atoms with Crippen molar-refractivity contribution in [2.24, 2.45) is 40.9 Å². The van der Waals surface area contributed by atoms with Crippen molar-refractivity contribution in [1.82, 2.24) is 0 Å². The fourth-order valence-electron chi connectivity index (χ4n) is 8.19. The van der Waals surface area contributed by atoms with E-state index in [1.54, 1.807) is 6.08 Å². The van der Waals surface area contributed by atoms with Crippen molar-refractivity contribution in [3.63, 3.8) is 0 Å². The molecule has 0 aromatic rings. The lowest BCUT2D eigenvalue weighted by Crippen LogP contribution is -2.55. The first-order valence-corrected chi connectivity index (χ1v) is 10.8. The Labute approximate surface area is 160 Å². The van der Waals surface area contributed by atoms with E-state index in [0.717, 1.165) is 44.9 Å². The highest BCUT2D eigenvalue weighted by Crippen LogP contribution is 2.77. The smallest absolute Gasteiger partial charge is 0.328 e. The molecule has 5 aliphatic rings. The molecule has 0 spiro atoms. The number of allylic oxidation sites excluding steroid dienone is 1. The Hall–Kier alpha value is -1.42. The van der Waals surface area contributed by atoms with Gasteiger partial charge in [0.1, 0.15) is 0 Å². The maximum Gasteiger partial charge on any atom is 0.328 e. The van der Waals surface area contributed by atoms with Gasteiger partial charge in [0.15, 0.2) is 5.78 Å². The average molecular weight is 370 g/mol. The van der Waals surface area contributed by atoms with E-state index in [-0.39, 0.29) is 11.3 Å². The van der Waals surface area contributed by atoms with E-state index in [2.05, 4.69) is 6.92 Å². The maximum absolute atomic E-state index is 11.9. The van der Waals surface area contributed by atoms with Crippen molar-refractivity contribution in [2.45, 2.75) is 63.9 Å². The summed E-state index contributed by atoms with van der Waals surface area (Å²) in [5.74, 6) is 2.47. The Kier molecular flexibility index (Phi) is 3.79. The molecular formula is C23H30O4. The molecule has 0 unspecified atom stereocenters. The van der Waals surface area contributed by atoms with Crippen LogP contribution in [0.15, 0.2) is 23.8 Å². The van der Waals surface area contributed by atoms with Gasteiger partial charge in [-0.15, -0.1) is 0 Å². The van der Waals surface area contributed by atoms with Gasteiger partial charge >= 0.3 is 5.97 Å². The van der Waals surface area contributed by atoms with Crippen LogP contribution in [0.3, 0.4) is 0 Å². The lowest BCUT2D eigenvalue weighted by molar-refractivity contribution is -0.134. The minimum Gasteiger partial charge on any atom is -0.478 e. The Morgan fingerprint density at radius 3 is 2.78 bits per heavy atom. The zero-order valence-corrected chi connectivity index (χ0v) is 16.1. The summed E-state index contributed by atoms with van der Waals surface area (Å²) >= 11 is 0. The Bertz CT molecular complexity index is 751. The fraction of sp³-hybridized carbons (Fsp3) is 0.739. The molecule has 27 heavy (non-hydrogen) atoms. The van der Waals surface area contributed by atoms with Gasteiger partial charge in [-0.1, -0.05) is 12.5 Å². The van der Waals surface area contributed by atoms with Gasteiger partial charge in [0.2, 0.25) is 0 Å². The molecule has 0 aliphatic heterocycles. The van der Waals surface area contributed by atoms with Gasteiger partial charge in [0.25, 0.3) is 0 Å². The highest BCUT2D eigenvalue weighted by Gasteiger charge is 2.75. The van der Waals surface area contributed by atoms with Crippen LogP contribution in [0.5, 0.6) is 0 Å². The van der Waals surface area contributed by atoms with E-state index < -0.39 is 11.6 Å². The van der Waals surface area contributed by atoms with Crippen LogP contribution in [0.2, 0.25) is 0 Å². The number of carbonyl (C=O) groups is 2. The van der Waals surface area contributed by atoms with Crippen molar-refractivity contribution < 1.29 is 19.8 Å². The number of hydrogen-bond donors (Lipinski definition) is 2. The van der Waals surface area contributed by atoms with Crippen LogP contribution in [-0.2, 0) is 9.59 Å². The first-order valence-electron chi connectivity index (χ1n) is 10.8. The molecule has 2 N–H and O–H groups in total. The highest BCUT2D eigenvalue weighted by atomic mass is 16.4. The molecule has 0 radical (unpaired) electrons. The van der Waals surface area contributed by atoms with Gasteiger partial charge in [-0.3, -0.25) is 4.79 Å². The molecule has 4 heteroatoms. The lowest BCUT2D eigenvalue weighted by Gasteiger charge is -2.58. The SMILES string of the molecule is CC[C@]12CC[C@H]3[C@@H](CCC4=CC(=O)CC[C@@H]43)[C@@H]1[C@@H]1C[C@@H]1[C@@]2(O)/C=C\C(=O)O. The van der Waals surface area contributed by atoms with Crippen LogP contribution in [0.1, 0.15) is 58.3 Å². The molecule has 0 saturated heterocycles. The zero-order chi connectivity index (χ0) is 19.0. The van der Waals surface area contributed by atoms with Crippen molar-refractivity contribution in [1.29, 1.82) is 0 Å². The molecule has 146 valence electrons. The quantitative estimate of drug-likeness (QED) is 0.742. The molecule has 0 heterocycles. The van der Waals surface area contributed by atoms with E-state index in [1.165, 1.54) is 11.6 Å². The molecule has 5 aliphatic carbocycles. The maximum atomic E-state index is 11.9. The minimum atomic E-state index is -0.969. The third-order valence-corrected chi connectivity index (χ3v) is 9.16. The molecule has 5 rings (SSSR count). The number of aliphatic carboxylic acids is 1. The summed E-state index contributed by atoms with van der Waals surface area (Å²) in [6.45, 7) is 2.19. The second kappa shape index (κ2) is 5.79. The van der Waals surface area contributed by atoms with Gasteiger partial charge in [0.05, 0.1) is 5.60 Å². The van der Waals surface area contributed by atoms with Crippen LogP contribution in [0.25, 0.3) is 0 Å². The van der Waals surface area contributed by atoms with Gasteiger partial charge in [-0.25, -0.2) is 4.79 Å². The summed E-state index contributed by atoms with van der Waals surface area (Å²) in [4.78, 5) is 23.0. The van der Waals surface area contributed by atoms with Crippen LogP contribution >= 0.6 is 0 Å². The third-order valence-electron chi connectivity index (χ3n) is 9.16. The summed E-state index contributed by atoms with van der Waals surface area (Å²) in [5.41, 5.74) is 0.265. The summed E-state index contributed by atoms with van der Waals surface area (Å²) in [5, 5.41) is 20.9. The number of hydrogen-bond acceptors (Lipinski definition) is 3. The third kappa shape index (κ3) is 2.25. The van der Waals surface area contributed by atoms with E-state index in [1.807, 2.05) is 6.08 Å². The van der Waals surface area contributed by atoms with Crippen LogP contribution < -0.4 is 0 Å². The second-order valence-electron chi connectivity index (χ2n) is 9.77. The Morgan fingerprint density at radius 1 is 1.22 bits per heavy atom. The first kappa shape index (κ1) is 17.7. The van der Waals surface area contributed by atoms with Crippen molar-refractivity contribution in [3.05, 3.63) is 23.8 Å². The van der Waals surface area contributed by atoms with Gasteiger partial charge in [0, 0.05) is 17.9 Å². The number of ketones is 1. The molecular weight excluding hydrogens is 340 g/mol. The normalized spacial score (nSPS) is 50.4. The molecule has 0 aromatic heterocycles. The summed E-state index contributed by atoms with van der Waals surface area (Å²) in [7, 11) is 0. The van der Waals surface area contributed by atoms with Crippen LogP contribution in [0, 0.1) is 40.9 Å². The molecule has 0 bridgehead atoms. The standard InChI is InChI=1S/C23H30O4/c1-2-22-9-7-16-15-6-4-14(24)11-13(15)3-5-17(16)21(22)18-12-19(18)23(22,27)10-8-20(25)26/h8,10-11,15-19,21,27H,2-7,9,12H2,1H3,(H,25,26)/b10-8-/t15-,16+,17+,18+,19-,21+,22-,23-/m0/s1. The van der Waals surface area contributed by atoms with Crippen molar-refractivity contribution in [2.75, 3.05) is 0 Å². The van der Waals surface area contributed by atoms with Crippen molar-refractivity contribution in [3.8, 4) is 0 Å². The monoisotopic (exact) mass is 370 g/mol. The molecule has 0 amide bonds. The van der Waals surface area contributed by atoms with E-state index in [0.29, 0.717) is 41.8 Å². The Morgan fingerprint density at radius 2 is 2.04 bits per heavy atom. The first-order chi connectivity index (χ1) is 12.9. The van der Waals surface area contributed by atoms with Crippen LogP contribution in [-0.4, -0.2) is 27.6 Å². The van der Waals surface area contributed by atoms with Gasteiger partial charge in [-0.05, 0) is 92.6 Å². The lowest BCUT2D eigenvalue weighted by atomic mass is 9.48. The molecule has 4 nitrogen and oxygen atoms in total. The summed E-state index contributed by atoms with van der Waals surface area (Å²) < 4.78 is 0. The zero-order valence-electron chi connectivity index (χ0n) is 16.1. The number of fused-ring (bicyclic) bond motifs is 7. The fourth-order valence-corrected chi connectivity index (χ4v) is 8.19. The van der Waals surface area contributed by atoms with E-state index in [4.69, 9.17) is 5.11 Å². The second-order valence-corrected chi connectivity index (χ2v) is 9.77. The Balaban J connectivity index is 1.51. The number of carboxylic acids is 1. The predicted octanol–water partition coefficient (Wildman–Crippen LogP) is 3.75. The van der Waals surface area contributed by atoms with Crippen LogP contribution in [0.4, 0.5) is 0 Å². The topological polar surface area (TPSA) is 74.6 Å². The van der Waals surface area contributed by atoms with Gasteiger partial charge in [-0.2, -0.15) is 0 Å². The number of rotatable bonds is 3.